The molecule has 144 valence electrons. The van der Waals surface area contributed by atoms with Crippen LogP contribution in [0.1, 0.15) is 12.5 Å². The number of hydrogen-bond acceptors (Lipinski definition) is 8. The van der Waals surface area contributed by atoms with E-state index < -0.39 is 10.9 Å². The van der Waals surface area contributed by atoms with Gasteiger partial charge in [-0.3, -0.25) is 19.7 Å². The number of rotatable bonds is 4. The van der Waals surface area contributed by atoms with Crippen molar-refractivity contribution in [2.45, 2.75) is 6.92 Å². The molecule has 2 aromatic heterocycles. The molecule has 9 nitrogen and oxygen atoms in total. The molecule has 0 fully saturated rings. The van der Waals surface area contributed by atoms with Crippen molar-refractivity contribution in [3.63, 3.8) is 0 Å². The molecular weight excluding hydrogens is 396 g/mol. The average molecular weight is 408 g/mol. The number of nitro benzene ring substituents is 1. The highest BCUT2D eigenvalue weighted by molar-refractivity contribution is 7.15. The minimum Gasteiger partial charge on any atom is -0.426 e. The summed E-state index contributed by atoms with van der Waals surface area (Å²) in [7, 11) is 0. The maximum absolute atomic E-state index is 12.7. The number of carbonyl (C=O) groups is 1. The van der Waals surface area contributed by atoms with Crippen LogP contribution in [0.2, 0.25) is 0 Å². The van der Waals surface area contributed by atoms with Crippen LogP contribution < -0.4 is 14.8 Å². The molecular formula is C19H12N4O5S. The van der Waals surface area contributed by atoms with Gasteiger partial charge < -0.3 is 4.74 Å². The number of para-hydroxylation sites is 1. The molecule has 0 amide bonds. The summed E-state index contributed by atoms with van der Waals surface area (Å²) >= 11 is 1.12. The largest absolute Gasteiger partial charge is 0.426 e. The van der Waals surface area contributed by atoms with Gasteiger partial charge in [0.25, 0.3) is 11.2 Å². The van der Waals surface area contributed by atoms with Gasteiger partial charge in [0.15, 0.2) is 5.82 Å². The topological polar surface area (TPSA) is 117 Å². The van der Waals surface area contributed by atoms with Crippen molar-refractivity contribution in [1.29, 1.82) is 0 Å². The van der Waals surface area contributed by atoms with E-state index in [1.165, 1.54) is 25.1 Å². The van der Waals surface area contributed by atoms with Crippen LogP contribution in [0.25, 0.3) is 22.4 Å². The Hall–Kier alpha value is -3.92. The predicted molar refractivity (Wildman–Crippen MR) is 106 cm³/mol. The second-order valence-corrected chi connectivity index (χ2v) is 6.99. The number of fused-ring (bicyclic) bond motifs is 1. The van der Waals surface area contributed by atoms with Crippen LogP contribution in [0.3, 0.4) is 0 Å². The Morgan fingerprint density at radius 3 is 2.76 bits per heavy atom. The number of hydrogen-bond donors (Lipinski definition) is 0. The summed E-state index contributed by atoms with van der Waals surface area (Å²) in [6.07, 6.45) is 1.61. The van der Waals surface area contributed by atoms with Crippen LogP contribution in [-0.2, 0) is 4.79 Å². The fourth-order valence-electron chi connectivity index (χ4n) is 2.70. The van der Waals surface area contributed by atoms with Gasteiger partial charge in [-0.25, -0.2) is 0 Å². The summed E-state index contributed by atoms with van der Waals surface area (Å²) in [4.78, 5) is 39.1. The van der Waals surface area contributed by atoms with E-state index in [-0.39, 0.29) is 17.1 Å². The van der Waals surface area contributed by atoms with E-state index in [4.69, 9.17) is 4.74 Å². The molecule has 0 aliphatic heterocycles. The lowest BCUT2D eigenvalue weighted by atomic mass is 10.2. The van der Waals surface area contributed by atoms with Gasteiger partial charge in [0.2, 0.25) is 4.96 Å². The van der Waals surface area contributed by atoms with Gasteiger partial charge in [-0.1, -0.05) is 41.7 Å². The molecule has 29 heavy (non-hydrogen) atoms. The molecule has 4 rings (SSSR count). The minimum absolute atomic E-state index is 0.0842. The molecule has 0 aliphatic rings. The summed E-state index contributed by atoms with van der Waals surface area (Å²) < 4.78 is 6.68. The molecule has 0 aliphatic carbocycles. The Balaban J connectivity index is 1.78. The maximum atomic E-state index is 12.7. The number of nitrogens with zero attached hydrogens (tertiary/aromatic N) is 4. The molecule has 0 saturated carbocycles. The molecule has 0 bridgehead atoms. The fraction of sp³-hybridized carbons (Fsp3) is 0.0526. The first-order chi connectivity index (χ1) is 13.9. The molecule has 10 heteroatoms. The molecule has 0 spiro atoms. The number of thiazole rings is 1. The van der Waals surface area contributed by atoms with Crippen LogP contribution >= 0.6 is 11.3 Å². The SMILES string of the molecule is CC(=O)Oc1ccccc1/C=c1\sc2nc(-c3cccc([N+](=O)[O-])c3)nn2c1=O. The Bertz CT molecular complexity index is 1380. The Kier molecular flexibility index (Phi) is 4.61. The Morgan fingerprint density at radius 1 is 1.24 bits per heavy atom. The first kappa shape index (κ1) is 18.4. The van der Waals surface area contributed by atoms with Crippen LogP contribution in [0, 0.1) is 10.1 Å². The smallest absolute Gasteiger partial charge is 0.308 e. The van der Waals surface area contributed by atoms with Crippen molar-refractivity contribution in [2.75, 3.05) is 0 Å². The molecule has 0 radical (unpaired) electrons. The van der Waals surface area contributed by atoms with E-state index >= 15 is 0 Å². The van der Waals surface area contributed by atoms with Gasteiger partial charge in [-0.15, -0.1) is 5.10 Å². The third-order valence-electron chi connectivity index (χ3n) is 3.96. The van der Waals surface area contributed by atoms with Gasteiger partial charge in [0.1, 0.15) is 5.75 Å². The summed E-state index contributed by atoms with van der Waals surface area (Å²) in [6.45, 7) is 1.30. The first-order valence-corrected chi connectivity index (χ1v) is 9.17. The zero-order valence-electron chi connectivity index (χ0n) is 14.9. The second-order valence-electron chi connectivity index (χ2n) is 5.98. The van der Waals surface area contributed by atoms with Gasteiger partial charge in [0.05, 0.1) is 9.46 Å². The summed E-state index contributed by atoms with van der Waals surface area (Å²) in [5.41, 5.74) is 0.550. The van der Waals surface area contributed by atoms with Crippen molar-refractivity contribution in [3.05, 3.63) is 79.1 Å². The van der Waals surface area contributed by atoms with Crippen molar-refractivity contribution >= 4 is 34.0 Å². The number of aromatic nitrogens is 3. The molecule has 2 heterocycles. The second kappa shape index (κ2) is 7.24. The first-order valence-electron chi connectivity index (χ1n) is 8.36. The van der Waals surface area contributed by atoms with E-state index in [2.05, 4.69) is 10.1 Å². The predicted octanol–water partition coefficient (Wildman–Crippen LogP) is 2.20. The van der Waals surface area contributed by atoms with E-state index in [1.807, 2.05) is 0 Å². The summed E-state index contributed by atoms with van der Waals surface area (Å²) in [5, 5.41) is 15.1. The number of benzene rings is 2. The lowest BCUT2D eigenvalue weighted by Gasteiger charge is -2.03. The van der Waals surface area contributed by atoms with Crippen LogP contribution in [0.15, 0.2) is 53.3 Å². The molecule has 0 N–H and O–H groups in total. The zero-order chi connectivity index (χ0) is 20.5. The Labute approximate surface area is 166 Å². The molecule has 4 aromatic rings. The number of esters is 1. The van der Waals surface area contributed by atoms with Gasteiger partial charge in [0, 0.05) is 30.2 Å². The monoisotopic (exact) mass is 408 g/mol. The quantitative estimate of drug-likeness (QED) is 0.220. The van der Waals surface area contributed by atoms with Crippen molar-refractivity contribution in [2.24, 2.45) is 0 Å². The van der Waals surface area contributed by atoms with Crippen LogP contribution in [0.4, 0.5) is 5.69 Å². The summed E-state index contributed by atoms with van der Waals surface area (Å²) in [5.74, 6) is 0.108. The van der Waals surface area contributed by atoms with E-state index in [1.54, 1.807) is 36.4 Å². The molecule has 0 saturated heterocycles. The normalized spacial score (nSPS) is 11.7. The number of carbonyl (C=O) groups excluding carboxylic acids is 1. The fourth-order valence-corrected chi connectivity index (χ4v) is 3.60. The minimum atomic E-state index is -0.505. The molecule has 0 atom stereocenters. The van der Waals surface area contributed by atoms with Crippen LogP contribution in [0.5, 0.6) is 5.75 Å². The third kappa shape index (κ3) is 3.60. The number of ether oxygens (including phenoxy) is 1. The van der Waals surface area contributed by atoms with Crippen molar-refractivity contribution in [1.82, 2.24) is 14.6 Å². The highest BCUT2D eigenvalue weighted by Gasteiger charge is 2.15. The van der Waals surface area contributed by atoms with Gasteiger partial charge >= 0.3 is 5.97 Å². The molecule has 2 aromatic carbocycles. The zero-order valence-corrected chi connectivity index (χ0v) is 15.8. The lowest BCUT2D eigenvalue weighted by Crippen LogP contribution is -2.23. The lowest BCUT2D eigenvalue weighted by molar-refractivity contribution is -0.384. The highest BCUT2D eigenvalue weighted by Crippen LogP contribution is 2.22. The Morgan fingerprint density at radius 2 is 2.03 bits per heavy atom. The standard InChI is InChI=1S/C19H12N4O5S/c1-11(24)28-15-8-3-2-5-12(15)10-16-18(25)22-19(29-16)20-17(21-22)13-6-4-7-14(9-13)23(26)27/h2-10H,1H3/b16-10-. The average Bonchev–Trinajstić information content (AvgIpc) is 3.23. The summed E-state index contributed by atoms with van der Waals surface area (Å²) in [6, 6.07) is 12.7. The molecule has 0 unspecified atom stereocenters. The van der Waals surface area contributed by atoms with E-state index in [0.29, 0.717) is 26.4 Å². The third-order valence-corrected chi connectivity index (χ3v) is 4.92. The number of nitro groups is 1. The van der Waals surface area contributed by atoms with Crippen molar-refractivity contribution < 1.29 is 14.5 Å². The van der Waals surface area contributed by atoms with E-state index in [9.17, 15) is 19.7 Å². The van der Waals surface area contributed by atoms with Crippen LogP contribution in [-0.4, -0.2) is 25.5 Å². The van der Waals surface area contributed by atoms with Gasteiger partial charge in [-0.05, 0) is 12.1 Å². The van der Waals surface area contributed by atoms with E-state index in [0.717, 1.165) is 15.9 Å². The van der Waals surface area contributed by atoms with Gasteiger partial charge in [-0.2, -0.15) is 9.50 Å². The number of non-ortho nitro benzene ring substituents is 1. The van der Waals surface area contributed by atoms with Crippen molar-refractivity contribution in [3.8, 4) is 17.1 Å². The maximum Gasteiger partial charge on any atom is 0.308 e. The highest BCUT2D eigenvalue weighted by atomic mass is 32.1.